The molecule has 0 bridgehead atoms. The molecule has 0 fully saturated rings. The van der Waals surface area contributed by atoms with E-state index in [0.717, 1.165) is 12.8 Å². The third kappa shape index (κ3) is 4.23. The summed E-state index contributed by atoms with van der Waals surface area (Å²) in [5, 5.41) is 0. The van der Waals surface area contributed by atoms with Crippen molar-refractivity contribution in [2.24, 2.45) is 16.6 Å². The Morgan fingerprint density at radius 3 is 2.00 bits per heavy atom. The molecule has 0 aromatic carbocycles. The van der Waals surface area contributed by atoms with Crippen LogP contribution in [0, 0.1) is 10.8 Å². The zero-order chi connectivity index (χ0) is 11.4. The van der Waals surface area contributed by atoms with Crippen LogP contribution in [-0.4, -0.2) is 12.3 Å². The average molecular weight is 199 g/mol. The van der Waals surface area contributed by atoms with Gasteiger partial charge in [-0.05, 0) is 18.3 Å². The molecule has 0 saturated heterocycles. The quantitative estimate of drug-likeness (QED) is 0.740. The van der Waals surface area contributed by atoms with Gasteiger partial charge in [-0.25, -0.2) is 0 Å². The fourth-order valence-electron chi connectivity index (χ4n) is 1.25. The average Bonchev–Trinajstić information content (AvgIpc) is 2.11. The van der Waals surface area contributed by atoms with E-state index in [1.807, 2.05) is 13.8 Å². The number of carbonyl (C=O) groups is 1. The van der Waals surface area contributed by atoms with E-state index in [1.165, 1.54) is 0 Å². The second kappa shape index (κ2) is 4.92. The topological polar surface area (TPSA) is 43.1 Å². The Kier molecular flexibility index (Phi) is 4.79. The smallest absolute Gasteiger partial charge is 0.140 e. The summed E-state index contributed by atoms with van der Waals surface area (Å²) in [4.78, 5) is 11.9. The molecule has 0 saturated carbocycles. The molecule has 2 nitrogen and oxygen atoms in total. The highest BCUT2D eigenvalue weighted by Gasteiger charge is 2.29. The van der Waals surface area contributed by atoms with Crippen molar-refractivity contribution in [1.82, 2.24) is 0 Å². The predicted octanol–water partition coefficient (Wildman–Crippen LogP) is 2.76. The molecule has 0 aliphatic carbocycles. The summed E-state index contributed by atoms with van der Waals surface area (Å²) in [6, 6.07) is 0. The molecule has 84 valence electrons. The number of Topliss-reactive ketones (excluding diaryl/α,β-unsaturated/α-hetero) is 1. The minimum absolute atomic E-state index is 0.235. The van der Waals surface area contributed by atoms with Crippen LogP contribution in [0.1, 0.15) is 53.9 Å². The first-order valence-corrected chi connectivity index (χ1v) is 5.48. The van der Waals surface area contributed by atoms with Gasteiger partial charge in [0.1, 0.15) is 5.78 Å². The first kappa shape index (κ1) is 13.6. The molecular formula is C12H25NO. The van der Waals surface area contributed by atoms with E-state index < -0.39 is 0 Å². The summed E-state index contributed by atoms with van der Waals surface area (Å²) in [6.45, 7) is 10.9. The number of nitrogens with two attached hydrogens (primary N) is 1. The Labute approximate surface area is 88.3 Å². The number of carbonyl (C=O) groups excluding carboxylic acids is 1. The van der Waals surface area contributed by atoms with E-state index in [1.54, 1.807) is 0 Å². The third-order valence-corrected chi connectivity index (χ3v) is 3.01. The zero-order valence-corrected chi connectivity index (χ0v) is 10.3. The molecule has 0 heterocycles. The molecule has 1 unspecified atom stereocenters. The van der Waals surface area contributed by atoms with Gasteiger partial charge in [0.25, 0.3) is 0 Å². The number of hydrogen-bond donors (Lipinski definition) is 1. The van der Waals surface area contributed by atoms with Crippen molar-refractivity contribution >= 4 is 5.78 Å². The molecule has 0 spiro atoms. The monoisotopic (exact) mass is 199 g/mol. The van der Waals surface area contributed by atoms with Crippen LogP contribution in [0.2, 0.25) is 0 Å². The Morgan fingerprint density at radius 2 is 1.71 bits per heavy atom. The third-order valence-electron chi connectivity index (χ3n) is 3.01. The van der Waals surface area contributed by atoms with E-state index in [0.29, 0.717) is 18.7 Å². The van der Waals surface area contributed by atoms with Gasteiger partial charge in [-0.2, -0.15) is 0 Å². The number of rotatable bonds is 5. The normalized spacial score (nSPS) is 16.4. The maximum atomic E-state index is 11.9. The van der Waals surface area contributed by atoms with E-state index in [2.05, 4.69) is 20.8 Å². The lowest BCUT2D eigenvalue weighted by Crippen LogP contribution is -2.35. The second-order valence-electron chi connectivity index (χ2n) is 5.60. The molecule has 0 aromatic heterocycles. The molecule has 0 aromatic rings. The summed E-state index contributed by atoms with van der Waals surface area (Å²) in [7, 11) is 0. The maximum absolute atomic E-state index is 11.9. The first-order valence-electron chi connectivity index (χ1n) is 5.48. The van der Waals surface area contributed by atoms with Crippen LogP contribution in [0.25, 0.3) is 0 Å². The Hall–Kier alpha value is -0.370. The fraction of sp³-hybridized carbons (Fsp3) is 0.917. The van der Waals surface area contributed by atoms with Gasteiger partial charge in [0, 0.05) is 18.4 Å². The lowest BCUT2D eigenvalue weighted by Gasteiger charge is -2.26. The number of ketones is 1. The van der Waals surface area contributed by atoms with Crippen LogP contribution < -0.4 is 5.73 Å². The van der Waals surface area contributed by atoms with Crippen molar-refractivity contribution in [3.63, 3.8) is 0 Å². The van der Waals surface area contributed by atoms with Crippen molar-refractivity contribution in [3.05, 3.63) is 0 Å². The predicted molar refractivity (Wildman–Crippen MR) is 61.1 cm³/mol. The molecule has 0 aliphatic rings. The van der Waals surface area contributed by atoms with Gasteiger partial charge in [-0.15, -0.1) is 0 Å². The van der Waals surface area contributed by atoms with Crippen molar-refractivity contribution < 1.29 is 4.79 Å². The van der Waals surface area contributed by atoms with Crippen molar-refractivity contribution in [3.8, 4) is 0 Å². The van der Waals surface area contributed by atoms with Crippen molar-refractivity contribution in [1.29, 1.82) is 0 Å². The van der Waals surface area contributed by atoms with Gasteiger partial charge in [0.05, 0.1) is 0 Å². The summed E-state index contributed by atoms with van der Waals surface area (Å²) in [5.41, 5.74) is 5.57. The molecule has 0 amide bonds. The lowest BCUT2D eigenvalue weighted by atomic mass is 9.78. The Balaban J connectivity index is 4.20. The van der Waals surface area contributed by atoms with E-state index in [-0.39, 0.29) is 10.8 Å². The first-order chi connectivity index (χ1) is 6.25. The molecule has 2 heteroatoms. The van der Waals surface area contributed by atoms with E-state index in [4.69, 9.17) is 5.73 Å². The van der Waals surface area contributed by atoms with Gasteiger partial charge in [0.2, 0.25) is 0 Å². The summed E-state index contributed by atoms with van der Waals surface area (Å²) in [5.74, 6) is 0.317. The highest BCUT2D eigenvalue weighted by molar-refractivity contribution is 5.84. The van der Waals surface area contributed by atoms with Crippen LogP contribution >= 0.6 is 0 Å². The lowest BCUT2D eigenvalue weighted by molar-refractivity contribution is -0.128. The van der Waals surface area contributed by atoms with Crippen LogP contribution in [0.3, 0.4) is 0 Å². The Morgan fingerprint density at radius 1 is 1.21 bits per heavy atom. The van der Waals surface area contributed by atoms with Crippen molar-refractivity contribution in [2.45, 2.75) is 53.9 Å². The molecule has 0 radical (unpaired) electrons. The maximum Gasteiger partial charge on any atom is 0.140 e. The molecule has 1 atom stereocenters. The van der Waals surface area contributed by atoms with Crippen LogP contribution in [-0.2, 0) is 4.79 Å². The molecule has 2 N–H and O–H groups in total. The van der Waals surface area contributed by atoms with Gasteiger partial charge < -0.3 is 5.73 Å². The number of hydrogen-bond acceptors (Lipinski definition) is 2. The minimum Gasteiger partial charge on any atom is -0.329 e. The SMILES string of the molecule is CCC(C)(CN)C(=O)CCC(C)(C)C. The molecule has 0 aliphatic heterocycles. The van der Waals surface area contributed by atoms with Crippen LogP contribution in [0.4, 0.5) is 0 Å². The van der Waals surface area contributed by atoms with Gasteiger partial charge in [-0.3, -0.25) is 4.79 Å². The summed E-state index contributed by atoms with van der Waals surface area (Å²) < 4.78 is 0. The highest BCUT2D eigenvalue weighted by Crippen LogP contribution is 2.27. The second-order valence-corrected chi connectivity index (χ2v) is 5.60. The van der Waals surface area contributed by atoms with E-state index >= 15 is 0 Å². The van der Waals surface area contributed by atoms with Gasteiger partial charge in [-0.1, -0.05) is 34.6 Å². The molecular weight excluding hydrogens is 174 g/mol. The fourth-order valence-corrected chi connectivity index (χ4v) is 1.25. The summed E-state index contributed by atoms with van der Waals surface area (Å²) >= 11 is 0. The Bertz CT molecular complexity index is 187. The van der Waals surface area contributed by atoms with Crippen LogP contribution in [0.5, 0.6) is 0 Å². The van der Waals surface area contributed by atoms with Crippen LogP contribution in [0.15, 0.2) is 0 Å². The minimum atomic E-state index is -0.300. The van der Waals surface area contributed by atoms with E-state index in [9.17, 15) is 4.79 Å². The summed E-state index contributed by atoms with van der Waals surface area (Å²) in [6.07, 6.45) is 2.44. The van der Waals surface area contributed by atoms with Crippen molar-refractivity contribution in [2.75, 3.05) is 6.54 Å². The zero-order valence-electron chi connectivity index (χ0n) is 10.3. The molecule has 0 rings (SSSR count). The molecule has 14 heavy (non-hydrogen) atoms. The standard InChI is InChI=1S/C12H25NO/c1-6-12(5,9-13)10(14)7-8-11(2,3)4/h6-9,13H2,1-5H3. The van der Waals surface area contributed by atoms with Gasteiger partial charge in [0.15, 0.2) is 0 Å². The van der Waals surface area contributed by atoms with Gasteiger partial charge >= 0.3 is 0 Å². The largest absolute Gasteiger partial charge is 0.329 e. The highest BCUT2D eigenvalue weighted by atomic mass is 16.1.